The van der Waals surface area contributed by atoms with Crippen LogP contribution in [0.1, 0.15) is 65.3 Å². The molecule has 0 aliphatic heterocycles. The van der Waals surface area contributed by atoms with Gasteiger partial charge in [0.1, 0.15) is 27.5 Å². The lowest BCUT2D eigenvalue weighted by Gasteiger charge is -2.27. The first kappa shape index (κ1) is 31.0. The van der Waals surface area contributed by atoms with Gasteiger partial charge in [-0.3, -0.25) is 4.90 Å². The van der Waals surface area contributed by atoms with Crippen molar-refractivity contribution in [2.45, 2.75) is 91.8 Å². The van der Waals surface area contributed by atoms with Crippen LogP contribution in [0.15, 0.2) is 16.0 Å². The van der Waals surface area contributed by atoms with Gasteiger partial charge in [-0.05, 0) is 118 Å². The van der Waals surface area contributed by atoms with Gasteiger partial charge in [0, 0.05) is 5.38 Å². The summed E-state index contributed by atoms with van der Waals surface area (Å²) in [6.45, 7) is 13.7. The number of halogens is 3. The summed E-state index contributed by atoms with van der Waals surface area (Å²) in [5.74, 6) is 0.201. The molecule has 3 aromatic heterocycles. The molecule has 39 heavy (non-hydrogen) atoms. The Morgan fingerprint density at radius 1 is 1.23 bits per heavy atom. The summed E-state index contributed by atoms with van der Waals surface area (Å²) < 4.78 is 32.0. The Hall–Kier alpha value is -2.51. The van der Waals surface area contributed by atoms with Gasteiger partial charge < -0.3 is 14.8 Å². The first-order chi connectivity index (χ1) is 18.0. The van der Waals surface area contributed by atoms with Crippen LogP contribution in [-0.4, -0.2) is 54.6 Å². The summed E-state index contributed by atoms with van der Waals surface area (Å²) in [6, 6.07) is 0.889. The van der Waals surface area contributed by atoms with Crippen LogP contribution in [0.5, 0.6) is 0 Å². The van der Waals surface area contributed by atoms with E-state index in [2.05, 4.69) is 35.7 Å². The number of nitrogens with one attached hydrogen (secondary N) is 1. The maximum atomic E-state index is 14.7. The average molecular weight is 648 g/mol. The second-order valence-electron chi connectivity index (χ2n) is 11.1. The largest absolute Gasteiger partial charge is 0.444 e. The zero-order valence-corrected chi connectivity index (χ0v) is 26.3. The lowest BCUT2D eigenvalue weighted by atomic mass is 10.0. The fourth-order valence-electron chi connectivity index (χ4n) is 3.74. The van der Waals surface area contributed by atoms with Crippen LogP contribution in [0.3, 0.4) is 0 Å². The Bertz CT molecular complexity index is 1340. The van der Waals surface area contributed by atoms with Crippen molar-refractivity contribution in [1.82, 2.24) is 24.3 Å². The number of anilines is 1. The van der Waals surface area contributed by atoms with Crippen molar-refractivity contribution in [3.8, 4) is 0 Å². The number of fused-ring (bicyclic) bond motifs is 1. The number of ether oxygens (including phenoxy) is 2. The normalized spacial score (nSPS) is 13.7. The number of alkyl carbamates (subject to hydrolysis) is 1. The summed E-state index contributed by atoms with van der Waals surface area (Å²) in [4.78, 5) is 31.6. The minimum absolute atomic E-state index is 0.0727. The molecule has 2 atom stereocenters. The third-order valence-corrected chi connectivity index (χ3v) is 6.98. The van der Waals surface area contributed by atoms with E-state index in [4.69, 9.17) is 21.1 Å². The van der Waals surface area contributed by atoms with Gasteiger partial charge >= 0.3 is 12.2 Å². The number of hydrogen-bond donors (Lipinski definition) is 1. The second kappa shape index (κ2) is 11.9. The average Bonchev–Trinajstić information content (AvgIpc) is 3.36. The molecule has 0 spiro atoms. The highest BCUT2D eigenvalue weighted by Gasteiger charge is 2.32. The van der Waals surface area contributed by atoms with Crippen molar-refractivity contribution in [3.63, 3.8) is 0 Å². The molecule has 0 unspecified atom stereocenters. The number of rotatable bonds is 7. The molecule has 0 fully saturated rings. The van der Waals surface area contributed by atoms with Gasteiger partial charge in [0.05, 0.1) is 18.3 Å². The molecule has 0 aliphatic carbocycles. The molecule has 3 heterocycles. The van der Waals surface area contributed by atoms with Crippen molar-refractivity contribution in [2.75, 3.05) is 4.90 Å². The zero-order valence-electron chi connectivity index (χ0n) is 23.1. The lowest BCUT2D eigenvalue weighted by molar-refractivity contribution is 0.0476. The molecule has 14 heteroatoms. The number of hydrogen-bond acceptors (Lipinski definition) is 8. The van der Waals surface area contributed by atoms with Crippen LogP contribution in [0.4, 0.5) is 19.8 Å². The van der Waals surface area contributed by atoms with E-state index in [1.165, 1.54) is 27.9 Å². The van der Waals surface area contributed by atoms with Gasteiger partial charge in [-0.2, -0.15) is 9.36 Å². The van der Waals surface area contributed by atoms with Crippen LogP contribution in [0.2, 0.25) is 5.28 Å². The molecule has 0 bridgehead atoms. The van der Waals surface area contributed by atoms with E-state index >= 15 is 0 Å². The van der Waals surface area contributed by atoms with Gasteiger partial charge in [0.2, 0.25) is 5.28 Å². The minimum atomic E-state index is -1.40. The molecule has 3 rings (SSSR count). The third-order valence-electron chi connectivity index (χ3n) is 5.41. The summed E-state index contributed by atoms with van der Waals surface area (Å²) in [6.07, 6.45) is -2.67. The van der Waals surface area contributed by atoms with Crippen LogP contribution in [0, 0.1) is 6.92 Å². The fourth-order valence-corrected chi connectivity index (χ4v) is 5.14. The van der Waals surface area contributed by atoms with Crippen molar-refractivity contribution in [1.29, 1.82) is 0 Å². The highest BCUT2D eigenvalue weighted by atomic mass is 79.9. The predicted octanol–water partition coefficient (Wildman–Crippen LogP) is 6.65. The molecule has 1 N–H and O–H groups in total. The SMILES string of the molecule is Cc1c(C[C@@H](NC(=O)OC(C)(C)C)[C@H](C)F)c(Br)n2nc(Cl)nc(N(Cc3ccsn3)C(=O)OC(C)(C)C)c12. The van der Waals surface area contributed by atoms with Crippen molar-refractivity contribution in [2.24, 2.45) is 0 Å². The van der Waals surface area contributed by atoms with Gasteiger partial charge in [0.15, 0.2) is 5.82 Å². The Kier molecular flexibility index (Phi) is 9.49. The van der Waals surface area contributed by atoms with Gasteiger partial charge in [0.25, 0.3) is 0 Å². The van der Waals surface area contributed by atoms with Crippen LogP contribution < -0.4 is 10.2 Å². The molecule has 3 aromatic rings. The topological polar surface area (TPSA) is 111 Å². The van der Waals surface area contributed by atoms with Gasteiger partial charge in [-0.15, -0.1) is 5.10 Å². The number of aryl methyl sites for hydroxylation is 1. The van der Waals surface area contributed by atoms with E-state index < -0.39 is 35.6 Å². The van der Waals surface area contributed by atoms with E-state index in [1.807, 2.05) is 0 Å². The highest BCUT2D eigenvalue weighted by molar-refractivity contribution is 9.10. The summed E-state index contributed by atoms with van der Waals surface area (Å²) in [5.41, 5.74) is 0.901. The molecule has 0 saturated carbocycles. The van der Waals surface area contributed by atoms with E-state index in [-0.39, 0.29) is 24.1 Å². The standard InChI is InChI=1S/C25H33BrClFN6O4S/c1-13-16(11-17(14(2)28)29-22(35)37-24(3,4)5)19(26)34-18(13)20(30-21(27)31-34)33(12-15-9-10-39-32-15)23(36)38-25(6,7)8/h9-10,14,17H,11-12H2,1-8H3,(H,29,35)/t14-,17+/m0/s1. The molecular weight excluding hydrogens is 615 g/mol. The molecule has 0 aliphatic rings. The Labute approximate surface area is 244 Å². The quantitative estimate of drug-likeness (QED) is 0.306. The van der Waals surface area contributed by atoms with E-state index in [0.717, 1.165) is 0 Å². The minimum Gasteiger partial charge on any atom is -0.444 e. The molecule has 214 valence electrons. The zero-order chi connectivity index (χ0) is 29.3. The number of aromatic nitrogens is 4. The second-order valence-corrected chi connectivity index (χ2v) is 12.8. The van der Waals surface area contributed by atoms with Gasteiger partial charge in [-0.1, -0.05) is 0 Å². The lowest BCUT2D eigenvalue weighted by Crippen LogP contribution is -2.44. The molecule has 10 nitrogen and oxygen atoms in total. The maximum Gasteiger partial charge on any atom is 0.416 e. The number of nitrogens with zero attached hydrogens (tertiary/aromatic N) is 5. The van der Waals surface area contributed by atoms with Gasteiger partial charge in [-0.25, -0.2) is 18.5 Å². The Balaban J connectivity index is 2.10. The number of alkyl halides is 1. The summed E-state index contributed by atoms with van der Waals surface area (Å²) in [7, 11) is 0. The Morgan fingerprint density at radius 2 is 1.87 bits per heavy atom. The molecule has 0 aromatic carbocycles. The van der Waals surface area contributed by atoms with Crippen molar-refractivity contribution in [3.05, 3.63) is 38.2 Å². The van der Waals surface area contributed by atoms with Crippen molar-refractivity contribution < 1.29 is 23.5 Å². The summed E-state index contributed by atoms with van der Waals surface area (Å²) >= 11 is 11.1. The first-order valence-electron chi connectivity index (χ1n) is 12.2. The van der Waals surface area contributed by atoms with Crippen LogP contribution >= 0.6 is 39.1 Å². The van der Waals surface area contributed by atoms with E-state index in [9.17, 15) is 14.0 Å². The summed E-state index contributed by atoms with van der Waals surface area (Å²) in [5, 5.41) is 8.63. The van der Waals surface area contributed by atoms with E-state index in [0.29, 0.717) is 26.9 Å². The number of carbonyl (C=O) groups is 2. The third kappa shape index (κ3) is 8.01. The molecule has 2 amide bonds. The first-order valence-corrected chi connectivity index (χ1v) is 14.2. The predicted molar refractivity (Wildman–Crippen MR) is 152 cm³/mol. The fraction of sp³-hybridized carbons (Fsp3) is 0.560. The Morgan fingerprint density at radius 3 is 2.41 bits per heavy atom. The highest BCUT2D eigenvalue weighted by Crippen LogP contribution is 2.35. The van der Waals surface area contributed by atoms with Crippen molar-refractivity contribution >= 4 is 62.6 Å². The van der Waals surface area contributed by atoms with E-state index in [1.54, 1.807) is 59.9 Å². The van der Waals surface area contributed by atoms with Crippen LogP contribution in [0.25, 0.3) is 5.52 Å². The number of carbonyl (C=O) groups excluding carboxylic acids is 2. The molecule has 0 saturated heterocycles. The molecular formula is C25H33BrClFN6O4S. The maximum absolute atomic E-state index is 14.7. The van der Waals surface area contributed by atoms with Crippen LogP contribution in [-0.2, 0) is 22.4 Å². The monoisotopic (exact) mass is 646 g/mol. The molecule has 0 radical (unpaired) electrons. The smallest absolute Gasteiger partial charge is 0.416 e. The number of amides is 2.